The molecule has 0 saturated carbocycles. The highest BCUT2D eigenvalue weighted by Crippen LogP contribution is 2.35. The van der Waals surface area contributed by atoms with Gasteiger partial charge in [-0.05, 0) is 36.1 Å². The number of H-pyrrole nitrogens is 1. The summed E-state index contributed by atoms with van der Waals surface area (Å²) in [7, 11) is 1.78. The Morgan fingerprint density at radius 2 is 2.00 bits per heavy atom. The fourth-order valence-corrected chi connectivity index (χ4v) is 4.31. The van der Waals surface area contributed by atoms with Crippen molar-refractivity contribution in [2.24, 2.45) is 7.05 Å². The van der Waals surface area contributed by atoms with Crippen LogP contribution in [0, 0.1) is 0 Å². The smallest absolute Gasteiger partial charge is 0.324 e. The van der Waals surface area contributed by atoms with Crippen LogP contribution in [-0.4, -0.2) is 31.6 Å². The molecule has 0 fully saturated rings. The molecular weight excluding hydrogens is 416 g/mol. The Morgan fingerprint density at radius 3 is 2.79 bits per heavy atom. The van der Waals surface area contributed by atoms with Crippen LogP contribution >= 0.6 is 0 Å². The number of hydrogen-bond donors (Lipinski definition) is 3. The molecule has 0 atom stereocenters. The molecule has 1 aliphatic carbocycles. The van der Waals surface area contributed by atoms with Crippen LogP contribution in [0.3, 0.4) is 0 Å². The number of aromatic nitrogens is 4. The Morgan fingerprint density at radius 1 is 1.15 bits per heavy atom. The first-order valence-corrected chi connectivity index (χ1v) is 10.9. The standard InChI is InChI=1S/C25H24N6O2/c1-31-15-18(14-27-31)28-25(33)30-22-13-17(10-11-26-22)24-19(12-16-6-3-2-4-7-16)23-20(29-24)8-5-9-21(23)32/h2-4,6-7,10-11,13-15,29H,5,8-9,12H2,1H3,(H2,26,28,30,33). The van der Waals surface area contributed by atoms with Crippen molar-refractivity contribution >= 4 is 23.3 Å². The quantitative estimate of drug-likeness (QED) is 0.423. The van der Waals surface area contributed by atoms with Crippen LogP contribution in [-0.2, 0) is 19.9 Å². The van der Waals surface area contributed by atoms with Gasteiger partial charge in [-0.15, -0.1) is 0 Å². The summed E-state index contributed by atoms with van der Waals surface area (Å²) >= 11 is 0. The number of carbonyl (C=O) groups excluding carboxylic acids is 2. The van der Waals surface area contributed by atoms with Crippen LogP contribution in [0.4, 0.5) is 16.3 Å². The van der Waals surface area contributed by atoms with Gasteiger partial charge in [-0.2, -0.15) is 5.10 Å². The van der Waals surface area contributed by atoms with E-state index in [2.05, 4.69) is 37.8 Å². The van der Waals surface area contributed by atoms with Gasteiger partial charge < -0.3 is 10.3 Å². The van der Waals surface area contributed by atoms with Crippen molar-refractivity contribution < 1.29 is 9.59 Å². The van der Waals surface area contributed by atoms with Crippen molar-refractivity contribution in [3.05, 3.63) is 83.4 Å². The molecule has 166 valence electrons. The normalized spacial score (nSPS) is 12.9. The predicted molar refractivity (Wildman–Crippen MR) is 126 cm³/mol. The molecular formula is C25H24N6O2. The first-order chi connectivity index (χ1) is 16.1. The highest BCUT2D eigenvalue weighted by molar-refractivity contribution is 6.02. The van der Waals surface area contributed by atoms with Gasteiger partial charge in [0.1, 0.15) is 5.82 Å². The molecule has 4 aromatic rings. The molecule has 33 heavy (non-hydrogen) atoms. The van der Waals surface area contributed by atoms with Crippen LogP contribution in [0.15, 0.2) is 61.1 Å². The van der Waals surface area contributed by atoms with Gasteiger partial charge in [-0.1, -0.05) is 30.3 Å². The monoisotopic (exact) mass is 440 g/mol. The molecule has 2 amide bonds. The van der Waals surface area contributed by atoms with Crippen LogP contribution in [0.2, 0.25) is 0 Å². The number of rotatable bonds is 5. The summed E-state index contributed by atoms with van der Waals surface area (Å²) in [5, 5.41) is 9.54. The van der Waals surface area contributed by atoms with Gasteiger partial charge in [0.05, 0.1) is 17.6 Å². The Labute approximate surface area is 191 Å². The van der Waals surface area contributed by atoms with E-state index in [0.717, 1.165) is 46.5 Å². The lowest BCUT2D eigenvalue weighted by Gasteiger charge is -2.12. The van der Waals surface area contributed by atoms with Gasteiger partial charge in [0, 0.05) is 49.1 Å². The maximum Gasteiger partial charge on any atom is 0.324 e. The lowest BCUT2D eigenvalue weighted by Crippen LogP contribution is -2.19. The molecule has 0 radical (unpaired) electrons. The number of aromatic amines is 1. The van der Waals surface area contributed by atoms with Crippen molar-refractivity contribution in [2.75, 3.05) is 10.6 Å². The molecule has 0 bridgehead atoms. The second-order valence-electron chi connectivity index (χ2n) is 8.18. The number of ketones is 1. The van der Waals surface area contributed by atoms with E-state index in [1.54, 1.807) is 30.3 Å². The summed E-state index contributed by atoms with van der Waals surface area (Å²) in [6.07, 6.45) is 7.87. The second kappa shape index (κ2) is 8.74. The summed E-state index contributed by atoms with van der Waals surface area (Å²) < 4.78 is 1.61. The summed E-state index contributed by atoms with van der Waals surface area (Å²) in [5.41, 5.74) is 6.31. The van der Waals surface area contributed by atoms with Gasteiger partial charge in [0.15, 0.2) is 5.78 Å². The number of anilines is 2. The van der Waals surface area contributed by atoms with Crippen molar-refractivity contribution in [3.63, 3.8) is 0 Å². The molecule has 3 aromatic heterocycles. The SMILES string of the molecule is Cn1cc(NC(=O)Nc2cc(-c3[nH]c4c(c3Cc3ccccc3)C(=O)CCC4)ccn2)cn1. The summed E-state index contributed by atoms with van der Waals surface area (Å²) in [6.45, 7) is 0. The van der Waals surface area contributed by atoms with Crippen molar-refractivity contribution in [2.45, 2.75) is 25.7 Å². The Kier molecular flexibility index (Phi) is 5.48. The number of urea groups is 1. The minimum atomic E-state index is -0.405. The minimum absolute atomic E-state index is 0.188. The lowest BCUT2D eigenvalue weighted by molar-refractivity contribution is 0.0971. The molecule has 1 aromatic carbocycles. The fourth-order valence-electron chi connectivity index (χ4n) is 4.31. The minimum Gasteiger partial charge on any atom is -0.358 e. The predicted octanol–water partition coefficient (Wildman–Crippen LogP) is 4.56. The van der Waals surface area contributed by atoms with E-state index in [1.807, 2.05) is 30.3 Å². The van der Waals surface area contributed by atoms with E-state index >= 15 is 0 Å². The van der Waals surface area contributed by atoms with Crippen molar-refractivity contribution in [1.29, 1.82) is 0 Å². The maximum atomic E-state index is 12.8. The highest BCUT2D eigenvalue weighted by Gasteiger charge is 2.26. The average Bonchev–Trinajstić information content (AvgIpc) is 3.38. The van der Waals surface area contributed by atoms with E-state index in [-0.39, 0.29) is 5.78 Å². The van der Waals surface area contributed by atoms with Crippen LogP contribution in [0.25, 0.3) is 11.3 Å². The van der Waals surface area contributed by atoms with E-state index in [0.29, 0.717) is 24.3 Å². The molecule has 8 heteroatoms. The van der Waals surface area contributed by atoms with E-state index in [4.69, 9.17) is 0 Å². The summed E-state index contributed by atoms with van der Waals surface area (Å²) in [6, 6.07) is 13.4. The number of benzene rings is 1. The van der Waals surface area contributed by atoms with Crippen molar-refractivity contribution in [3.8, 4) is 11.3 Å². The zero-order valence-corrected chi connectivity index (χ0v) is 18.3. The number of amides is 2. The van der Waals surface area contributed by atoms with E-state index < -0.39 is 6.03 Å². The zero-order chi connectivity index (χ0) is 22.8. The molecule has 3 N–H and O–H groups in total. The van der Waals surface area contributed by atoms with Crippen LogP contribution < -0.4 is 10.6 Å². The van der Waals surface area contributed by atoms with Crippen molar-refractivity contribution in [1.82, 2.24) is 19.7 Å². The average molecular weight is 441 g/mol. The third-order valence-electron chi connectivity index (χ3n) is 5.77. The highest BCUT2D eigenvalue weighted by atomic mass is 16.2. The topological polar surface area (TPSA) is 105 Å². The second-order valence-corrected chi connectivity index (χ2v) is 8.18. The fraction of sp³-hybridized carbons (Fsp3) is 0.200. The van der Waals surface area contributed by atoms with Gasteiger partial charge in [-0.3, -0.25) is 14.8 Å². The largest absolute Gasteiger partial charge is 0.358 e. The lowest BCUT2D eigenvalue weighted by atomic mass is 9.90. The van der Waals surface area contributed by atoms with Gasteiger partial charge >= 0.3 is 6.03 Å². The number of fused-ring (bicyclic) bond motifs is 1. The van der Waals surface area contributed by atoms with Gasteiger partial charge in [0.25, 0.3) is 0 Å². The van der Waals surface area contributed by atoms with Gasteiger partial charge in [0.2, 0.25) is 0 Å². The van der Waals surface area contributed by atoms with E-state index in [9.17, 15) is 9.59 Å². The summed E-state index contributed by atoms with van der Waals surface area (Å²) in [5.74, 6) is 0.603. The molecule has 0 unspecified atom stereocenters. The number of carbonyl (C=O) groups is 2. The zero-order valence-electron chi connectivity index (χ0n) is 18.3. The number of Topliss-reactive ketones (excluding diaryl/α,β-unsaturated/α-hetero) is 1. The number of hydrogen-bond acceptors (Lipinski definition) is 4. The Balaban J connectivity index is 1.46. The number of pyridine rings is 1. The maximum absolute atomic E-state index is 12.8. The first kappa shape index (κ1) is 20.7. The van der Waals surface area contributed by atoms with E-state index in [1.165, 1.54) is 0 Å². The molecule has 0 aliphatic heterocycles. The molecule has 1 aliphatic rings. The molecule has 5 rings (SSSR count). The number of nitrogens with zero attached hydrogens (tertiary/aromatic N) is 3. The molecule has 3 heterocycles. The molecule has 0 saturated heterocycles. The van der Waals surface area contributed by atoms with Crippen LogP contribution in [0.5, 0.6) is 0 Å². The molecule has 0 spiro atoms. The molecule has 8 nitrogen and oxygen atoms in total. The third-order valence-corrected chi connectivity index (χ3v) is 5.77. The number of nitrogens with one attached hydrogen (secondary N) is 3. The first-order valence-electron chi connectivity index (χ1n) is 10.9. The third kappa shape index (κ3) is 4.41. The number of aryl methyl sites for hydroxylation is 2. The van der Waals surface area contributed by atoms with Crippen LogP contribution in [0.1, 0.15) is 40.0 Å². The summed E-state index contributed by atoms with van der Waals surface area (Å²) in [4.78, 5) is 33.0. The Hall–Kier alpha value is -4.20. The Bertz CT molecular complexity index is 1320. The van der Waals surface area contributed by atoms with Gasteiger partial charge in [-0.25, -0.2) is 9.78 Å².